The largest absolute Gasteiger partial charge is 0.384 e. The second-order valence-electron chi connectivity index (χ2n) is 6.23. The first kappa shape index (κ1) is 18.0. The fraction of sp³-hybridized carbons (Fsp3) is 0.333. The lowest BCUT2D eigenvalue weighted by Gasteiger charge is -2.34. The minimum Gasteiger partial charge on any atom is -0.384 e. The van der Waals surface area contributed by atoms with Crippen molar-refractivity contribution in [3.05, 3.63) is 59.1 Å². The molecule has 0 unspecified atom stereocenters. The van der Waals surface area contributed by atoms with Gasteiger partial charge in [-0.15, -0.1) is 0 Å². The fourth-order valence-corrected chi connectivity index (χ4v) is 3.27. The average molecular weight is 355 g/mol. The van der Waals surface area contributed by atoms with Gasteiger partial charge in [-0.25, -0.2) is 0 Å². The first-order valence-corrected chi connectivity index (χ1v) is 8.99. The molecule has 130 valence electrons. The first-order chi connectivity index (χ1) is 12.3. The third-order valence-electron chi connectivity index (χ3n) is 4.54. The van der Waals surface area contributed by atoms with Crippen LogP contribution in [0.3, 0.4) is 0 Å². The van der Waals surface area contributed by atoms with E-state index in [9.17, 15) is 0 Å². The van der Waals surface area contributed by atoms with Gasteiger partial charge in [0.15, 0.2) is 0 Å². The summed E-state index contributed by atoms with van der Waals surface area (Å²) in [4.78, 5) is 4.83. The Labute approximate surface area is 154 Å². The maximum absolute atomic E-state index is 8.73. The zero-order chi connectivity index (χ0) is 17.5. The van der Waals surface area contributed by atoms with Gasteiger partial charge < -0.3 is 5.11 Å². The number of nitrogens with zero attached hydrogens (tertiary/aromatic N) is 2. The molecule has 4 heteroatoms. The molecule has 1 aliphatic rings. The maximum Gasteiger partial charge on any atom is 0.104 e. The molecule has 2 aromatic rings. The van der Waals surface area contributed by atoms with Crippen LogP contribution in [0.4, 0.5) is 0 Å². The molecule has 0 radical (unpaired) electrons. The van der Waals surface area contributed by atoms with Crippen molar-refractivity contribution in [1.82, 2.24) is 9.80 Å². The third kappa shape index (κ3) is 5.07. The van der Waals surface area contributed by atoms with E-state index in [1.54, 1.807) is 0 Å². The van der Waals surface area contributed by atoms with E-state index >= 15 is 0 Å². The standard InChI is InChI=1S/C21H23ClN2O/c22-20-9-7-18(8-10-20)21-6-2-1-5-19(21)17-24-14-12-23(13-15-24)11-3-4-16-25/h1-2,5-10,25H,11-17H2. The second-order valence-corrected chi connectivity index (χ2v) is 6.66. The second kappa shape index (κ2) is 9.03. The van der Waals surface area contributed by atoms with Gasteiger partial charge >= 0.3 is 0 Å². The van der Waals surface area contributed by atoms with Crippen LogP contribution in [0.25, 0.3) is 11.1 Å². The Morgan fingerprint density at radius 3 is 2.28 bits per heavy atom. The van der Waals surface area contributed by atoms with Gasteiger partial charge in [-0.3, -0.25) is 9.80 Å². The molecule has 0 spiro atoms. The highest BCUT2D eigenvalue weighted by atomic mass is 35.5. The SMILES string of the molecule is OCC#CCN1CCN(Cc2ccccc2-c2ccc(Cl)cc2)CC1. The van der Waals surface area contributed by atoms with Crippen LogP contribution in [0, 0.1) is 11.8 Å². The number of aliphatic hydroxyl groups excluding tert-OH is 1. The summed E-state index contributed by atoms with van der Waals surface area (Å²) < 4.78 is 0. The minimum absolute atomic E-state index is 0.0541. The number of hydrogen-bond donors (Lipinski definition) is 1. The van der Waals surface area contributed by atoms with Gasteiger partial charge in [0.1, 0.15) is 6.61 Å². The van der Waals surface area contributed by atoms with Gasteiger partial charge in [0.05, 0.1) is 6.54 Å². The molecule has 3 rings (SSSR count). The molecule has 0 aromatic heterocycles. The summed E-state index contributed by atoms with van der Waals surface area (Å²) in [5, 5.41) is 9.49. The zero-order valence-corrected chi connectivity index (χ0v) is 15.0. The summed E-state index contributed by atoms with van der Waals surface area (Å²) in [5.74, 6) is 5.72. The third-order valence-corrected chi connectivity index (χ3v) is 4.79. The number of piperazine rings is 1. The van der Waals surface area contributed by atoms with Gasteiger partial charge in [-0.1, -0.05) is 59.8 Å². The van der Waals surface area contributed by atoms with Crippen LogP contribution in [0.15, 0.2) is 48.5 Å². The topological polar surface area (TPSA) is 26.7 Å². The molecule has 3 nitrogen and oxygen atoms in total. The molecule has 0 aliphatic carbocycles. The molecule has 25 heavy (non-hydrogen) atoms. The summed E-state index contributed by atoms with van der Waals surface area (Å²) in [6, 6.07) is 16.6. The van der Waals surface area contributed by atoms with E-state index in [1.165, 1.54) is 16.7 Å². The van der Waals surface area contributed by atoms with Crippen molar-refractivity contribution in [2.75, 3.05) is 39.3 Å². The normalized spacial score (nSPS) is 15.6. The lowest BCUT2D eigenvalue weighted by molar-refractivity contribution is 0.138. The Morgan fingerprint density at radius 2 is 1.56 bits per heavy atom. The van der Waals surface area contributed by atoms with E-state index in [2.05, 4.69) is 58.0 Å². The van der Waals surface area contributed by atoms with Crippen molar-refractivity contribution >= 4 is 11.6 Å². The highest BCUT2D eigenvalue weighted by molar-refractivity contribution is 6.30. The quantitative estimate of drug-likeness (QED) is 0.855. The smallest absolute Gasteiger partial charge is 0.104 e. The molecule has 1 saturated heterocycles. The molecule has 0 atom stereocenters. The summed E-state index contributed by atoms with van der Waals surface area (Å²) in [7, 11) is 0. The Morgan fingerprint density at radius 1 is 0.880 bits per heavy atom. The molecule has 2 aromatic carbocycles. The number of halogens is 1. The van der Waals surface area contributed by atoms with E-state index in [1.807, 2.05) is 12.1 Å². The van der Waals surface area contributed by atoms with Gasteiger partial charge in [0.2, 0.25) is 0 Å². The van der Waals surface area contributed by atoms with Crippen LogP contribution in [-0.2, 0) is 6.54 Å². The van der Waals surface area contributed by atoms with Gasteiger partial charge in [0.25, 0.3) is 0 Å². The van der Waals surface area contributed by atoms with Crippen molar-refractivity contribution in [2.45, 2.75) is 6.54 Å². The van der Waals surface area contributed by atoms with Crippen LogP contribution in [0.5, 0.6) is 0 Å². The highest BCUT2D eigenvalue weighted by Crippen LogP contribution is 2.26. The highest BCUT2D eigenvalue weighted by Gasteiger charge is 2.17. The molecular formula is C21H23ClN2O. The summed E-state index contributed by atoms with van der Waals surface area (Å²) in [6.07, 6.45) is 0. The number of aliphatic hydroxyl groups is 1. The van der Waals surface area contributed by atoms with E-state index in [0.29, 0.717) is 0 Å². The molecule has 0 amide bonds. The fourth-order valence-electron chi connectivity index (χ4n) is 3.14. The van der Waals surface area contributed by atoms with Crippen molar-refractivity contribution in [3.63, 3.8) is 0 Å². The average Bonchev–Trinajstić information content (AvgIpc) is 2.65. The lowest BCUT2D eigenvalue weighted by atomic mass is 9.99. The first-order valence-electron chi connectivity index (χ1n) is 8.61. The maximum atomic E-state index is 8.73. The number of hydrogen-bond acceptors (Lipinski definition) is 3. The van der Waals surface area contributed by atoms with Crippen LogP contribution in [0.1, 0.15) is 5.56 Å². The van der Waals surface area contributed by atoms with Crippen molar-refractivity contribution in [2.24, 2.45) is 0 Å². The van der Waals surface area contributed by atoms with E-state index in [4.69, 9.17) is 16.7 Å². The molecule has 1 N–H and O–H groups in total. The Hall–Kier alpha value is -1.83. The van der Waals surface area contributed by atoms with Crippen LogP contribution >= 0.6 is 11.6 Å². The van der Waals surface area contributed by atoms with Gasteiger partial charge in [-0.05, 0) is 28.8 Å². The summed E-state index contributed by atoms with van der Waals surface area (Å²) >= 11 is 6.02. The molecule has 1 aliphatic heterocycles. The van der Waals surface area contributed by atoms with Crippen molar-refractivity contribution < 1.29 is 5.11 Å². The van der Waals surface area contributed by atoms with E-state index in [-0.39, 0.29) is 6.61 Å². The summed E-state index contributed by atoms with van der Waals surface area (Å²) in [5.41, 5.74) is 3.83. The molecule has 1 fully saturated rings. The van der Waals surface area contributed by atoms with Crippen molar-refractivity contribution in [3.8, 4) is 23.0 Å². The van der Waals surface area contributed by atoms with Gasteiger partial charge in [-0.2, -0.15) is 0 Å². The lowest BCUT2D eigenvalue weighted by Crippen LogP contribution is -2.45. The molecule has 0 bridgehead atoms. The monoisotopic (exact) mass is 354 g/mol. The van der Waals surface area contributed by atoms with E-state index in [0.717, 1.165) is 44.3 Å². The Kier molecular flexibility index (Phi) is 6.49. The van der Waals surface area contributed by atoms with Crippen LogP contribution < -0.4 is 0 Å². The van der Waals surface area contributed by atoms with Crippen LogP contribution in [0.2, 0.25) is 5.02 Å². The predicted molar refractivity (Wildman–Crippen MR) is 103 cm³/mol. The van der Waals surface area contributed by atoms with Gasteiger partial charge in [0, 0.05) is 37.7 Å². The molecule has 1 heterocycles. The van der Waals surface area contributed by atoms with Crippen LogP contribution in [-0.4, -0.2) is 54.2 Å². The number of benzene rings is 2. The number of rotatable bonds is 4. The Balaban J connectivity index is 1.63. The summed E-state index contributed by atoms with van der Waals surface area (Å²) in [6.45, 7) is 5.75. The minimum atomic E-state index is -0.0541. The van der Waals surface area contributed by atoms with E-state index < -0.39 is 0 Å². The Bertz CT molecular complexity index is 740. The zero-order valence-electron chi connectivity index (χ0n) is 14.3. The molecule has 0 saturated carbocycles. The van der Waals surface area contributed by atoms with Crippen molar-refractivity contribution in [1.29, 1.82) is 0 Å². The molecular weight excluding hydrogens is 332 g/mol. The predicted octanol–water partition coefficient (Wildman–Crippen LogP) is 3.12.